The molecule has 10 aromatic rings. The van der Waals surface area contributed by atoms with E-state index in [0.29, 0.717) is 0 Å². The minimum atomic E-state index is 0.860. The number of para-hydroxylation sites is 3. The second-order valence-corrected chi connectivity index (χ2v) is 12.9. The third kappa shape index (κ3) is 4.82. The quantitative estimate of drug-likeness (QED) is 0.178. The van der Waals surface area contributed by atoms with E-state index in [4.69, 9.17) is 4.42 Å². The zero-order valence-electron chi connectivity index (χ0n) is 27.8. The van der Waals surface area contributed by atoms with Gasteiger partial charge in [0.2, 0.25) is 0 Å². The van der Waals surface area contributed by atoms with E-state index in [0.717, 1.165) is 55.8 Å². The first-order valence-electron chi connectivity index (χ1n) is 17.4. The second kappa shape index (κ2) is 11.9. The molecular weight excluding hydrogens is 621 g/mol. The van der Waals surface area contributed by atoms with Gasteiger partial charge in [0.25, 0.3) is 0 Å². The Morgan fingerprint density at radius 2 is 1.06 bits per heavy atom. The first-order chi connectivity index (χ1) is 25.3. The highest BCUT2D eigenvalue weighted by Crippen LogP contribution is 2.45. The summed E-state index contributed by atoms with van der Waals surface area (Å²) in [7, 11) is 0. The average molecular weight is 653 g/mol. The SMILES string of the molecule is c1ccc(-c2cccc(N(c3ccc4c5c(-c6ccccc6)cccc5n(-c5ccccc5)c4c3)c3cccc4c3oc3ccccc34)c2)cc1. The van der Waals surface area contributed by atoms with Crippen molar-refractivity contribution in [2.45, 2.75) is 0 Å². The molecule has 0 saturated heterocycles. The average Bonchev–Trinajstić information content (AvgIpc) is 3.75. The summed E-state index contributed by atoms with van der Waals surface area (Å²) in [4.78, 5) is 2.35. The predicted octanol–water partition coefficient (Wildman–Crippen LogP) is 13.5. The van der Waals surface area contributed by atoms with Crippen LogP contribution in [0.5, 0.6) is 0 Å². The van der Waals surface area contributed by atoms with Gasteiger partial charge in [0.15, 0.2) is 5.58 Å². The van der Waals surface area contributed by atoms with Crippen LogP contribution in [0.25, 0.3) is 71.7 Å². The summed E-state index contributed by atoms with van der Waals surface area (Å²) >= 11 is 0. The summed E-state index contributed by atoms with van der Waals surface area (Å²) in [5.41, 5.74) is 13.0. The van der Waals surface area contributed by atoms with Gasteiger partial charge in [-0.1, -0.05) is 140 Å². The van der Waals surface area contributed by atoms with Crippen LogP contribution in [0.15, 0.2) is 199 Å². The van der Waals surface area contributed by atoms with Crippen LogP contribution in [-0.2, 0) is 0 Å². The van der Waals surface area contributed by atoms with Crippen molar-refractivity contribution >= 4 is 60.8 Å². The van der Waals surface area contributed by atoms with Crippen molar-refractivity contribution in [1.82, 2.24) is 4.57 Å². The Hall–Kier alpha value is -6.84. The van der Waals surface area contributed by atoms with Crippen molar-refractivity contribution in [3.63, 3.8) is 0 Å². The van der Waals surface area contributed by atoms with Crippen molar-refractivity contribution in [2.24, 2.45) is 0 Å². The molecule has 0 radical (unpaired) electrons. The lowest BCUT2D eigenvalue weighted by atomic mass is 9.99. The zero-order chi connectivity index (χ0) is 33.7. The monoisotopic (exact) mass is 652 g/mol. The topological polar surface area (TPSA) is 21.3 Å². The Morgan fingerprint density at radius 3 is 1.88 bits per heavy atom. The van der Waals surface area contributed by atoms with Gasteiger partial charge >= 0.3 is 0 Å². The van der Waals surface area contributed by atoms with E-state index in [-0.39, 0.29) is 0 Å². The summed E-state index contributed by atoms with van der Waals surface area (Å²) in [6.45, 7) is 0. The summed E-state index contributed by atoms with van der Waals surface area (Å²) in [6.07, 6.45) is 0. The Labute approximate surface area is 295 Å². The number of benzene rings is 8. The van der Waals surface area contributed by atoms with Gasteiger partial charge in [-0.2, -0.15) is 0 Å². The van der Waals surface area contributed by atoms with Crippen molar-refractivity contribution in [3.8, 4) is 27.9 Å². The molecule has 0 aliphatic carbocycles. The first-order valence-corrected chi connectivity index (χ1v) is 17.4. The number of nitrogens with zero attached hydrogens (tertiary/aromatic N) is 2. The van der Waals surface area contributed by atoms with Crippen molar-refractivity contribution in [1.29, 1.82) is 0 Å². The first kappa shape index (κ1) is 29.1. The van der Waals surface area contributed by atoms with E-state index < -0.39 is 0 Å². The molecule has 3 heteroatoms. The molecule has 0 aliphatic heterocycles. The highest BCUT2D eigenvalue weighted by atomic mass is 16.3. The van der Waals surface area contributed by atoms with Crippen LogP contribution in [0.2, 0.25) is 0 Å². The van der Waals surface area contributed by atoms with Gasteiger partial charge in [-0.3, -0.25) is 0 Å². The number of rotatable bonds is 6. The largest absolute Gasteiger partial charge is 0.454 e. The fourth-order valence-electron chi connectivity index (χ4n) is 7.70. The maximum Gasteiger partial charge on any atom is 0.159 e. The Morgan fingerprint density at radius 1 is 0.412 bits per heavy atom. The maximum absolute atomic E-state index is 6.67. The van der Waals surface area contributed by atoms with Gasteiger partial charge in [0.1, 0.15) is 5.58 Å². The second-order valence-electron chi connectivity index (χ2n) is 12.9. The van der Waals surface area contributed by atoms with Crippen LogP contribution in [-0.4, -0.2) is 4.57 Å². The number of hydrogen-bond acceptors (Lipinski definition) is 2. The van der Waals surface area contributed by atoms with Crippen molar-refractivity contribution < 1.29 is 4.42 Å². The van der Waals surface area contributed by atoms with E-state index in [2.05, 4.69) is 191 Å². The standard InChI is InChI=1S/C48H32N2O/c1-4-15-33(16-5-1)35-19-12-22-37(31-35)49(44-27-14-25-41-40-23-10-11-28-46(40)51-48(41)44)38-29-30-42-45(32-38)50(36-20-8-3-9-21-36)43-26-13-24-39(47(42)43)34-17-6-2-7-18-34/h1-32H. The molecular formula is C48H32N2O. The van der Waals surface area contributed by atoms with Crippen LogP contribution < -0.4 is 4.90 Å². The summed E-state index contributed by atoms with van der Waals surface area (Å²) in [6, 6.07) is 69.1. The Bertz CT molecular complexity index is 2850. The summed E-state index contributed by atoms with van der Waals surface area (Å²) < 4.78 is 9.07. The fourth-order valence-corrected chi connectivity index (χ4v) is 7.70. The van der Waals surface area contributed by atoms with Crippen molar-refractivity contribution in [3.05, 3.63) is 194 Å². The molecule has 0 N–H and O–H groups in total. The molecule has 2 aromatic heterocycles. The van der Waals surface area contributed by atoms with E-state index in [1.807, 2.05) is 12.1 Å². The van der Waals surface area contributed by atoms with E-state index in [1.165, 1.54) is 33.0 Å². The van der Waals surface area contributed by atoms with Gasteiger partial charge < -0.3 is 13.9 Å². The third-order valence-electron chi connectivity index (χ3n) is 9.97. The molecule has 10 rings (SSSR count). The highest BCUT2D eigenvalue weighted by molar-refractivity contribution is 6.17. The highest BCUT2D eigenvalue weighted by Gasteiger charge is 2.22. The van der Waals surface area contributed by atoms with Crippen LogP contribution in [0.1, 0.15) is 0 Å². The van der Waals surface area contributed by atoms with Gasteiger partial charge in [-0.25, -0.2) is 0 Å². The Kier molecular flexibility index (Phi) is 6.81. The molecule has 51 heavy (non-hydrogen) atoms. The fraction of sp³-hybridized carbons (Fsp3) is 0. The molecule has 0 amide bonds. The molecule has 0 bridgehead atoms. The number of furan rings is 1. The summed E-state index contributed by atoms with van der Waals surface area (Å²) in [5.74, 6) is 0. The van der Waals surface area contributed by atoms with Gasteiger partial charge in [0.05, 0.1) is 16.7 Å². The predicted molar refractivity (Wildman–Crippen MR) is 214 cm³/mol. The maximum atomic E-state index is 6.67. The molecule has 0 unspecified atom stereocenters. The lowest BCUT2D eigenvalue weighted by molar-refractivity contribution is 0.669. The minimum Gasteiger partial charge on any atom is -0.454 e. The number of anilines is 3. The van der Waals surface area contributed by atoms with Gasteiger partial charge in [-0.05, 0) is 76.9 Å². The molecule has 2 heterocycles. The normalized spacial score (nSPS) is 11.5. The van der Waals surface area contributed by atoms with Crippen LogP contribution in [0.3, 0.4) is 0 Å². The third-order valence-corrected chi connectivity index (χ3v) is 9.97. The summed E-state index contributed by atoms with van der Waals surface area (Å²) in [5, 5.41) is 4.66. The Balaban J connectivity index is 1.27. The lowest BCUT2D eigenvalue weighted by Gasteiger charge is -2.26. The molecule has 0 atom stereocenters. The number of fused-ring (bicyclic) bond motifs is 6. The lowest BCUT2D eigenvalue weighted by Crippen LogP contribution is -2.10. The van der Waals surface area contributed by atoms with Crippen LogP contribution >= 0.6 is 0 Å². The minimum absolute atomic E-state index is 0.860. The van der Waals surface area contributed by atoms with Crippen LogP contribution in [0.4, 0.5) is 17.1 Å². The molecule has 8 aromatic carbocycles. The van der Waals surface area contributed by atoms with E-state index >= 15 is 0 Å². The molecule has 0 fully saturated rings. The number of aromatic nitrogens is 1. The van der Waals surface area contributed by atoms with Crippen LogP contribution in [0, 0.1) is 0 Å². The van der Waals surface area contributed by atoms with E-state index in [1.54, 1.807) is 0 Å². The molecule has 240 valence electrons. The smallest absolute Gasteiger partial charge is 0.159 e. The molecule has 3 nitrogen and oxygen atoms in total. The molecule has 0 aliphatic rings. The van der Waals surface area contributed by atoms with Gasteiger partial charge in [0, 0.05) is 38.6 Å². The molecule has 0 spiro atoms. The van der Waals surface area contributed by atoms with E-state index in [9.17, 15) is 0 Å². The molecule has 0 saturated carbocycles. The number of hydrogen-bond donors (Lipinski definition) is 0. The van der Waals surface area contributed by atoms with Gasteiger partial charge in [-0.15, -0.1) is 0 Å². The zero-order valence-corrected chi connectivity index (χ0v) is 27.8. The van der Waals surface area contributed by atoms with Crippen molar-refractivity contribution in [2.75, 3.05) is 4.90 Å².